The molecule has 0 radical (unpaired) electrons. The molecule has 0 aromatic heterocycles. The van der Waals surface area contributed by atoms with Crippen molar-refractivity contribution in [2.24, 2.45) is 5.92 Å². The fraction of sp³-hybridized carbons (Fsp3) is 0.667. The quantitative estimate of drug-likeness (QED) is 0.806. The Hall–Kier alpha value is -1.18. The predicted molar refractivity (Wildman–Crippen MR) is 89.6 cm³/mol. The highest BCUT2D eigenvalue weighted by molar-refractivity contribution is 5.65. The van der Waals surface area contributed by atoms with Gasteiger partial charge in [0.05, 0.1) is 0 Å². The zero-order valence-corrected chi connectivity index (χ0v) is 13.7. The van der Waals surface area contributed by atoms with E-state index in [9.17, 15) is 0 Å². The van der Waals surface area contributed by atoms with Crippen molar-refractivity contribution in [2.45, 2.75) is 59.3 Å². The van der Waals surface area contributed by atoms with Gasteiger partial charge in [0.25, 0.3) is 0 Å². The summed E-state index contributed by atoms with van der Waals surface area (Å²) in [4.78, 5) is 2.55. The molecule has 1 fully saturated rings. The second-order valence-electron chi connectivity index (χ2n) is 7.04. The van der Waals surface area contributed by atoms with Crippen molar-refractivity contribution in [3.63, 3.8) is 0 Å². The fourth-order valence-electron chi connectivity index (χ4n) is 3.24. The Morgan fingerprint density at radius 2 is 1.65 bits per heavy atom. The standard InChI is InChI=1S/C18H30N2/c1-12(2)16-9-15(10-17(13(3)4)18(16)19)20-8-6-7-14(5)11-20/h9-10,12-14H,6-8,11,19H2,1-5H3. The van der Waals surface area contributed by atoms with Gasteiger partial charge in [-0.1, -0.05) is 34.6 Å². The van der Waals surface area contributed by atoms with Crippen LogP contribution in [0.25, 0.3) is 0 Å². The van der Waals surface area contributed by atoms with E-state index in [0.717, 1.165) is 11.6 Å². The average molecular weight is 274 g/mol. The van der Waals surface area contributed by atoms with Gasteiger partial charge in [0.15, 0.2) is 0 Å². The maximum absolute atomic E-state index is 6.39. The third kappa shape index (κ3) is 3.11. The molecule has 2 N–H and O–H groups in total. The summed E-state index contributed by atoms with van der Waals surface area (Å²) in [5.74, 6) is 1.76. The summed E-state index contributed by atoms with van der Waals surface area (Å²) in [6, 6.07) is 4.65. The summed E-state index contributed by atoms with van der Waals surface area (Å²) in [6.45, 7) is 13.7. The second kappa shape index (κ2) is 6.07. The Labute approximate surface area is 124 Å². The SMILES string of the molecule is CC1CCCN(c2cc(C(C)C)c(N)c(C(C)C)c2)C1. The average Bonchev–Trinajstić information content (AvgIpc) is 2.38. The molecule has 0 bridgehead atoms. The number of hydrogen-bond acceptors (Lipinski definition) is 2. The first-order valence-corrected chi connectivity index (χ1v) is 8.08. The van der Waals surface area contributed by atoms with E-state index in [1.807, 2.05) is 0 Å². The molecule has 1 atom stereocenters. The molecule has 2 heteroatoms. The number of anilines is 2. The zero-order valence-electron chi connectivity index (χ0n) is 13.7. The third-order valence-electron chi connectivity index (χ3n) is 4.49. The van der Waals surface area contributed by atoms with Crippen LogP contribution in [0.3, 0.4) is 0 Å². The molecule has 2 nitrogen and oxygen atoms in total. The highest BCUT2D eigenvalue weighted by atomic mass is 15.1. The number of nitrogens with zero attached hydrogens (tertiary/aromatic N) is 1. The van der Waals surface area contributed by atoms with Crippen LogP contribution in [0.4, 0.5) is 11.4 Å². The monoisotopic (exact) mass is 274 g/mol. The van der Waals surface area contributed by atoms with Crippen LogP contribution < -0.4 is 10.6 Å². The van der Waals surface area contributed by atoms with Crippen LogP contribution >= 0.6 is 0 Å². The molecule has 1 heterocycles. The van der Waals surface area contributed by atoms with Gasteiger partial charge in [0.2, 0.25) is 0 Å². The van der Waals surface area contributed by atoms with E-state index in [1.54, 1.807) is 0 Å². The molecule has 0 spiro atoms. The summed E-state index contributed by atoms with van der Waals surface area (Å²) in [7, 11) is 0. The lowest BCUT2D eigenvalue weighted by molar-refractivity contribution is 0.446. The first-order valence-electron chi connectivity index (χ1n) is 8.08. The van der Waals surface area contributed by atoms with Crippen molar-refractivity contribution in [1.82, 2.24) is 0 Å². The van der Waals surface area contributed by atoms with Crippen molar-refractivity contribution in [3.05, 3.63) is 23.3 Å². The van der Waals surface area contributed by atoms with Gasteiger partial charge >= 0.3 is 0 Å². The Balaban J connectivity index is 2.42. The Bertz CT molecular complexity index is 433. The number of piperidine rings is 1. The fourth-order valence-corrected chi connectivity index (χ4v) is 3.24. The van der Waals surface area contributed by atoms with Crippen LogP contribution in [0.15, 0.2) is 12.1 Å². The van der Waals surface area contributed by atoms with E-state index >= 15 is 0 Å². The molecule has 1 saturated heterocycles. The third-order valence-corrected chi connectivity index (χ3v) is 4.49. The van der Waals surface area contributed by atoms with Crippen molar-refractivity contribution in [2.75, 3.05) is 23.7 Å². The van der Waals surface area contributed by atoms with Gasteiger partial charge in [-0.15, -0.1) is 0 Å². The summed E-state index contributed by atoms with van der Waals surface area (Å²) in [5, 5.41) is 0. The first-order chi connectivity index (χ1) is 9.40. The van der Waals surface area contributed by atoms with Crippen molar-refractivity contribution < 1.29 is 0 Å². The molecule has 1 aliphatic heterocycles. The van der Waals surface area contributed by atoms with E-state index in [4.69, 9.17) is 5.73 Å². The van der Waals surface area contributed by atoms with Gasteiger partial charge in [0.1, 0.15) is 0 Å². The number of benzene rings is 1. The second-order valence-corrected chi connectivity index (χ2v) is 7.04. The lowest BCUT2D eigenvalue weighted by Crippen LogP contribution is -2.34. The number of hydrogen-bond donors (Lipinski definition) is 1. The molecule has 0 saturated carbocycles. The molecule has 0 amide bonds. The highest BCUT2D eigenvalue weighted by Gasteiger charge is 2.20. The highest BCUT2D eigenvalue weighted by Crippen LogP contribution is 2.35. The molecular weight excluding hydrogens is 244 g/mol. The van der Waals surface area contributed by atoms with Crippen molar-refractivity contribution in [1.29, 1.82) is 0 Å². The van der Waals surface area contributed by atoms with Gasteiger partial charge in [-0.3, -0.25) is 0 Å². The Kier molecular flexibility index (Phi) is 4.62. The maximum Gasteiger partial charge on any atom is 0.0385 e. The molecule has 1 aliphatic rings. The van der Waals surface area contributed by atoms with Crippen LogP contribution in [0.1, 0.15) is 70.4 Å². The van der Waals surface area contributed by atoms with E-state index in [2.05, 4.69) is 51.7 Å². The van der Waals surface area contributed by atoms with E-state index in [0.29, 0.717) is 11.8 Å². The summed E-state index contributed by atoms with van der Waals surface area (Å²) in [5.41, 5.74) is 11.4. The molecule has 2 rings (SSSR count). The first kappa shape index (κ1) is 15.2. The van der Waals surface area contributed by atoms with E-state index in [1.165, 1.54) is 42.7 Å². The lowest BCUT2D eigenvalue weighted by Gasteiger charge is -2.34. The van der Waals surface area contributed by atoms with E-state index < -0.39 is 0 Å². The minimum atomic E-state index is 0.481. The van der Waals surface area contributed by atoms with Gasteiger partial charge < -0.3 is 10.6 Å². The minimum absolute atomic E-state index is 0.481. The smallest absolute Gasteiger partial charge is 0.0385 e. The summed E-state index contributed by atoms with van der Waals surface area (Å²) in [6.07, 6.45) is 2.67. The van der Waals surface area contributed by atoms with Crippen LogP contribution in [-0.2, 0) is 0 Å². The van der Waals surface area contributed by atoms with Gasteiger partial charge in [-0.05, 0) is 53.9 Å². The van der Waals surface area contributed by atoms with Gasteiger partial charge in [-0.25, -0.2) is 0 Å². The van der Waals surface area contributed by atoms with E-state index in [-0.39, 0.29) is 0 Å². The Morgan fingerprint density at radius 1 is 1.10 bits per heavy atom. The topological polar surface area (TPSA) is 29.3 Å². The number of nitrogens with two attached hydrogens (primary N) is 1. The molecule has 20 heavy (non-hydrogen) atoms. The minimum Gasteiger partial charge on any atom is -0.398 e. The zero-order chi connectivity index (χ0) is 14.9. The molecule has 112 valence electrons. The Morgan fingerprint density at radius 3 is 2.10 bits per heavy atom. The van der Waals surface area contributed by atoms with Crippen molar-refractivity contribution in [3.8, 4) is 0 Å². The van der Waals surface area contributed by atoms with Crippen molar-refractivity contribution >= 4 is 11.4 Å². The summed E-state index contributed by atoms with van der Waals surface area (Å²) >= 11 is 0. The molecule has 1 aromatic rings. The van der Waals surface area contributed by atoms with Crippen LogP contribution in [0.2, 0.25) is 0 Å². The molecule has 0 aliphatic carbocycles. The predicted octanol–water partition coefficient (Wildman–Crippen LogP) is 4.75. The van der Waals surface area contributed by atoms with Crippen LogP contribution in [-0.4, -0.2) is 13.1 Å². The number of rotatable bonds is 3. The largest absolute Gasteiger partial charge is 0.398 e. The summed E-state index contributed by atoms with van der Waals surface area (Å²) < 4.78 is 0. The van der Waals surface area contributed by atoms with Crippen LogP contribution in [0, 0.1) is 5.92 Å². The molecular formula is C18H30N2. The maximum atomic E-state index is 6.39. The molecule has 1 aromatic carbocycles. The normalized spacial score (nSPS) is 19.9. The van der Waals surface area contributed by atoms with Crippen LogP contribution in [0.5, 0.6) is 0 Å². The van der Waals surface area contributed by atoms with Gasteiger partial charge in [-0.2, -0.15) is 0 Å². The van der Waals surface area contributed by atoms with Gasteiger partial charge in [0, 0.05) is 24.5 Å². The lowest BCUT2D eigenvalue weighted by atomic mass is 9.91. The number of nitrogen functional groups attached to an aromatic ring is 1. The molecule has 1 unspecified atom stereocenters.